The molecule has 0 aliphatic heterocycles. The molecule has 2 aromatic carbocycles. The molecule has 0 aromatic heterocycles. The van der Waals surface area contributed by atoms with Gasteiger partial charge in [-0.2, -0.15) is 0 Å². The summed E-state index contributed by atoms with van der Waals surface area (Å²) in [5, 5.41) is 13.7. The minimum atomic E-state index is -1.80. The fraction of sp³-hybridized carbons (Fsp3) is 0.350. The van der Waals surface area contributed by atoms with Crippen molar-refractivity contribution in [2.75, 3.05) is 0 Å². The van der Waals surface area contributed by atoms with Crippen molar-refractivity contribution >= 4 is 22.8 Å². The maximum atomic E-state index is 12.2. The van der Waals surface area contributed by atoms with Crippen LogP contribution in [0.1, 0.15) is 39.7 Å². The minimum Gasteiger partial charge on any atom is -0.455 e. The van der Waals surface area contributed by atoms with Gasteiger partial charge < -0.3 is 4.74 Å². The number of esters is 1. The Morgan fingerprint density at radius 1 is 1.12 bits per heavy atom. The van der Waals surface area contributed by atoms with Crippen LogP contribution < -0.4 is 0 Å². The number of benzene rings is 2. The Labute approximate surface area is 147 Å². The van der Waals surface area contributed by atoms with Crippen molar-refractivity contribution in [3.05, 3.63) is 64.2 Å². The fourth-order valence-corrected chi connectivity index (χ4v) is 2.36. The van der Waals surface area contributed by atoms with Gasteiger partial charge in [-0.1, -0.05) is 48.6 Å². The minimum absolute atomic E-state index is 0.0399. The highest BCUT2D eigenvalue weighted by atomic mass is 16.6. The van der Waals surface area contributed by atoms with Crippen molar-refractivity contribution in [1.82, 2.24) is 0 Å². The van der Waals surface area contributed by atoms with Gasteiger partial charge in [-0.25, -0.2) is 4.79 Å². The van der Waals surface area contributed by atoms with Gasteiger partial charge in [-0.05, 0) is 43.2 Å². The summed E-state index contributed by atoms with van der Waals surface area (Å²) < 4.78 is 5.21. The molecule has 0 bridgehead atoms. The zero-order valence-corrected chi connectivity index (χ0v) is 15.0. The molecule has 0 N–H and O–H groups in total. The lowest BCUT2D eigenvalue weighted by Gasteiger charge is -2.24. The van der Waals surface area contributed by atoms with E-state index in [9.17, 15) is 14.9 Å². The highest BCUT2D eigenvalue weighted by Crippen LogP contribution is 2.23. The standard InChI is InChI=1S/C20H23NO4/c1-19(2,3)25-18(22)20(4,21(23)24)13-7-8-15-11-12-16-9-5-6-10-17(16)14-15/h5-12,14H,13H2,1-4H3/b8-7+/t20-/m1/s1. The summed E-state index contributed by atoms with van der Waals surface area (Å²) in [5.41, 5.74) is -1.65. The average molecular weight is 341 g/mol. The van der Waals surface area contributed by atoms with Crippen molar-refractivity contribution in [3.63, 3.8) is 0 Å². The lowest BCUT2D eigenvalue weighted by molar-refractivity contribution is -0.550. The summed E-state index contributed by atoms with van der Waals surface area (Å²) in [6.45, 7) is 6.37. The van der Waals surface area contributed by atoms with Gasteiger partial charge in [0.15, 0.2) is 0 Å². The highest BCUT2D eigenvalue weighted by Gasteiger charge is 2.47. The zero-order valence-electron chi connectivity index (χ0n) is 15.0. The Morgan fingerprint density at radius 2 is 1.76 bits per heavy atom. The molecule has 0 unspecified atom stereocenters. The molecule has 0 saturated carbocycles. The van der Waals surface area contributed by atoms with E-state index in [1.807, 2.05) is 42.5 Å². The summed E-state index contributed by atoms with van der Waals surface area (Å²) in [6.07, 6.45) is 3.40. The van der Waals surface area contributed by atoms with Crippen LogP contribution in [0.2, 0.25) is 0 Å². The molecule has 0 aliphatic rings. The van der Waals surface area contributed by atoms with Crippen molar-refractivity contribution in [2.45, 2.75) is 45.3 Å². The van der Waals surface area contributed by atoms with Crippen molar-refractivity contribution in [3.8, 4) is 0 Å². The normalized spacial score (nSPS) is 14.4. The van der Waals surface area contributed by atoms with E-state index in [1.165, 1.54) is 6.92 Å². The molecule has 0 aliphatic carbocycles. The maximum Gasteiger partial charge on any atom is 0.385 e. The number of ether oxygens (including phenoxy) is 1. The monoisotopic (exact) mass is 341 g/mol. The first-order valence-corrected chi connectivity index (χ1v) is 8.15. The number of carbonyl (C=O) groups is 1. The van der Waals surface area contributed by atoms with E-state index in [2.05, 4.69) is 0 Å². The van der Waals surface area contributed by atoms with Crippen molar-refractivity contribution < 1.29 is 14.5 Å². The van der Waals surface area contributed by atoms with Crippen molar-refractivity contribution in [1.29, 1.82) is 0 Å². The van der Waals surface area contributed by atoms with Crippen LogP contribution in [0.3, 0.4) is 0 Å². The Kier molecular flexibility index (Phi) is 5.26. The predicted octanol–water partition coefficient (Wildman–Crippen LogP) is 4.62. The van der Waals surface area contributed by atoms with Gasteiger partial charge in [0, 0.05) is 18.3 Å². The van der Waals surface area contributed by atoms with Crippen LogP contribution in [0.25, 0.3) is 16.8 Å². The largest absolute Gasteiger partial charge is 0.455 e. The molecule has 0 saturated heterocycles. The second-order valence-corrected chi connectivity index (χ2v) is 7.25. The van der Waals surface area contributed by atoms with Crippen molar-refractivity contribution in [2.24, 2.45) is 0 Å². The third kappa shape index (κ3) is 4.66. The number of nitro groups is 1. The number of nitrogens with zero attached hydrogens (tertiary/aromatic N) is 1. The molecule has 5 nitrogen and oxygen atoms in total. The molecule has 132 valence electrons. The second-order valence-electron chi connectivity index (χ2n) is 7.25. The van der Waals surface area contributed by atoms with Gasteiger partial charge >= 0.3 is 11.5 Å². The number of hydrogen-bond donors (Lipinski definition) is 0. The molecule has 2 aromatic rings. The summed E-state index contributed by atoms with van der Waals surface area (Å²) in [5.74, 6) is -0.826. The first-order valence-electron chi connectivity index (χ1n) is 8.15. The summed E-state index contributed by atoms with van der Waals surface area (Å²) in [4.78, 5) is 23.1. The Morgan fingerprint density at radius 3 is 2.36 bits per heavy atom. The van der Waals surface area contributed by atoms with E-state index in [1.54, 1.807) is 32.9 Å². The third-order valence-corrected chi connectivity index (χ3v) is 3.84. The van der Waals surface area contributed by atoms with Crippen LogP contribution >= 0.6 is 0 Å². The molecule has 25 heavy (non-hydrogen) atoms. The van der Waals surface area contributed by atoms with Gasteiger partial charge in [-0.3, -0.25) is 10.1 Å². The van der Waals surface area contributed by atoms with Crippen LogP contribution in [0.4, 0.5) is 0 Å². The van der Waals surface area contributed by atoms with Crippen LogP contribution in [-0.2, 0) is 9.53 Å². The van der Waals surface area contributed by atoms with E-state index in [0.717, 1.165) is 16.3 Å². The summed E-state index contributed by atoms with van der Waals surface area (Å²) in [6, 6.07) is 13.9. The lowest BCUT2D eigenvalue weighted by Crippen LogP contribution is -2.46. The molecular weight excluding hydrogens is 318 g/mol. The SMILES string of the molecule is CC(C)(C)OC(=O)[C@@](C)(C/C=C/c1ccc2ccccc2c1)[N+](=O)[O-]. The Bertz CT molecular complexity index is 820. The first-order chi connectivity index (χ1) is 11.6. The second kappa shape index (κ2) is 7.05. The van der Waals surface area contributed by atoms with E-state index < -0.39 is 22.0 Å². The van der Waals surface area contributed by atoms with Gasteiger partial charge in [0.2, 0.25) is 0 Å². The quantitative estimate of drug-likeness (QED) is 0.452. The maximum absolute atomic E-state index is 12.2. The van der Waals surface area contributed by atoms with E-state index >= 15 is 0 Å². The van der Waals surface area contributed by atoms with Gasteiger partial charge in [0.05, 0.1) is 0 Å². The number of carbonyl (C=O) groups excluding carboxylic acids is 1. The molecule has 0 heterocycles. The van der Waals surface area contributed by atoms with Crippen LogP contribution in [0.5, 0.6) is 0 Å². The van der Waals surface area contributed by atoms with Crippen LogP contribution in [0.15, 0.2) is 48.5 Å². The lowest BCUT2D eigenvalue weighted by atomic mass is 9.97. The zero-order chi connectivity index (χ0) is 18.7. The van der Waals surface area contributed by atoms with Crippen LogP contribution in [-0.4, -0.2) is 22.0 Å². The molecule has 1 atom stereocenters. The molecule has 2 rings (SSSR count). The molecule has 0 fully saturated rings. The molecule has 5 heteroatoms. The third-order valence-electron chi connectivity index (χ3n) is 3.84. The molecule has 0 amide bonds. The van der Waals surface area contributed by atoms with Gasteiger partial charge in [0.1, 0.15) is 5.60 Å². The van der Waals surface area contributed by atoms with Gasteiger partial charge in [0.25, 0.3) is 0 Å². The van der Waals surface area contributed by atoms with Gasteiger partial charge in [-0.15, -0.1) is 0 Å². The molecule has 0 spiro atoms. The topological polar surface area (TPSA) is 69.4 Å². The average Bonchev–Trinajstić information content (AvgIpc) is 2.52. The molecular formula is C20H23NO4. The van der Waals surface area contributed by atoms with E-state index in [4.69, 9.17) is 4.74 Å². The number of rotatable bonds is 5. The summed E-state index contributed by atoms with van der Waals surface area (Å²) >= 11 is 0. The Hall–Kier alpha value is -2.69. The highest BCUT2D eigenvalue weighted by molar-refractivity contribution is 5.84. The molecule has 0 radical (unpaired) electrons. The first kappa shape index (κ1) is 18.6. The van der Waals surface area contributed by atoms with E-state index in [0.29, 0.717) is 0 Å². The summed E-state index contributed by atoms with van der Waals surface area (Å²) in [7, 11) is 0. The Balaban J connectivity index is 2.17. The fourth-order valence-electron chi connectivity index (χ4n) is 2.36. The van der Waals surface area contributed by atoms with E-state index in [-0.39, 0.29) is 6.42 Å². The number of hydrogen-bond acceptors (Lipinski definition) is 4. The predicted molar refractivity (Wildman–Crippen MR) is 98.8 cm³/mol. The van der Waals surface area contributed by atoms with Crippen LogP contribution in [0, 0.1) is 10.1 Å². The smallest absolute Gasteiger partial charge is 0.385 e. The number of fused-ring (bicyclic) bond motifs is 1.